The van der Waals surface area contributed by atoms with Gasteiger partial charge in [0.2, 0.25) is 0 Å². The van der Waals surface area contributed by atoms with Crippen molar-refractivity contribution in [2.45, 2.75) is 38.5 Å². The summed E-state index contributed by atoms with van der Waals surface area (Å²) in [4.78, 5) is 2.30. The molecular weight excluding hydrogens is 236 g/mol. The predicted octanol–water partition coefficient (Wildman–Crippen LogP) is 1.02. The molecule has 0 atom stereocenters. The zero-order valence-electron chi connectivity index (χ0n) is 10.7. The number of unbranched alkanes of at least 4 members (excludes halogenated alkanes) is 4. The number of hydrogen-bond acceptors (Lipinski definition) is 4. The summed E-state index contributed by atoms with van der Waals surface area (Å²) in [6, 6.07) is 0. The Kier molecular flexibility index (Phi) is 7.08. The monoisotopic (exact) mass is 262 g/mol. The highest BCUT2D eigenvalue weighted by Crippen LogP contribution is 2.08. The van der Waals surface area contributed by atoms with E-state index in [-0.39, 0.29) is 0 Å². The van der Waals surface area contributed by atoms with Gasteiger partial charge in [0.1, 0.15) is 0 Å². The second-order valence-electron chi connectivity index (χ2n) is 4.90. The highest BCUT2D eigenvalue weighted by atomic mass is 32.2. The average Bonchev–Trinajstić information content (AvgIpc) is 2.45. The van der Waals surface area contributed by atoms with Crippen LogP contribution >= 0.6 is 0 Å². The molecule has 0 aromatic rings. The van der Waals surface area contributed by atoms with Gasteiger partial charge in [-0.1, -0.05) is 19.3 Å². The lowest BCUT2D eigenvalue weighted by Gasteiger charge is -2.18. The summed E-state index contributed by atoms with van der Waals surface area (Å²) in [5, 5.41) is 0. The Hall–Kier alpha value is -0.130. The summed E-state index contributed by atoms with van der Waals surface area (Å²) in [5.41, 5.74) is 5.44. The van der Waals surface area contributed by atoms with E-state index in [1.807, 2.05) is 0 Å². The van der Waals surface area contributed by atoms with Crippen molar-refractivity contribution in [3.05, 3.63) is 0 Å². The van der Waals surface area contributed by atoms with Crippen molar-refractivity contribution in [2.24, 2.45) is 5.73 Å². The minimum absolute atomic E-state index is 0.347. The Bertz CT molecular complexity index is 291. The first-order valence-electron chi connectivity index (χ1n) is 6.77. The maximum Gasteiger partial charge on any atom is 0.151 e. The van der Waals surface area contributed by atoms with E-state index in [0.717, 1.165) is 39.0 Å². The molecule has 1 saturated heterocycles. The first-order valence-corrected chi connectivity index (χ1v) is 8.59. The molecule has 1 fully saturated rings. The molecule has 2 N–H and O–H groups in total. The fourth-order valence-corrected chi connectivity index (χ4v) is 3.53. The average molecular weight is 262 g/mol. The Labute approximate surface area is 105 Å². The molecule has 0 spiro atoms. The van der Waals surface area contributed by atoms with Crippen LogP contribution in [0.25, 0.3) is 0 Å². The highest BCUT2D eigenvalue weighted by Gasteiger charge is 2.18. The van der Waals surface area contributed by atoms with Crippen molar-refractivity contribution in [3.8, 4) is 0 Å². The molecule has 0 unspecified atom stereocenters. The Morgan fingerprint density at radius 1 is 0.941 bits per heavy atom. The molecule has 17 heavy (non-hydrogen) atoms. The van der Waals surface area contributed by atoms with Crippen LogP contribution in [0.4, 0.5) is 0 Å². The molecular formula is C12H26N2O2S. The first-order chi connectivity index (χ1) is 8.14. The molecule has 1 aliphatic rings. The van der Waals surface area contributed by atoms with Crippen molar-refractivity contribution in [1.29, 1.82) is 0 Å². The molecule has 102 valence electrons. The van der Waals surface area contributed by atoms with Crippen LogP contribution in [0.5, 0.6) is 0 Å². The highest BCUT2D eigenvalue weighted by molar-refractivity contribution is 7.91. The fraction of sp³-hybridized carbons (Fsp3) is 1.00. The largest absolute Gasteiger partial charge is 0.330 e. The summed E-state index contributed by atoms with van der Waals surface area (Å²) in [6.07, 6.45) is 6.83. The Morgan fingerprint density at radius 3 is 2.41 bits per heavy atom. The SMILES string of the molecule is NCCCCCCCN1CCCS(=O)(=O)CC1. The number of rotatable bonds is 7. The lowest BCUT2D eigenvalue weighted by Crippen LogP contribution is -2.28. The van der Waals surface area contributed by atoms with Crippen molar-refractivity contribution in [1.82, 2.24) is 4.90 Å². The van der Waals surface area contributed by atoms with E-state index < -0.39 is 9.84 Å². The molecule has 0 aromatic heterocycles. The molecule has 0 radical (unpaired) electrons. The van der Waals surface area contributed by atoms with Crippen molar-refractivity contribution < 1.29 is 8.42 Å². The molecule has 4 nitrogen and oxygen atoms in total. The minimum Gasteiger partial charge on any atom is -0.330 e. The van der Waals surface area contributed by atoms with Gasteiger partial charge >= 0.3 is 0 Å². The van der Waals surface area contributed by atoms with E-state index in [0.29, 0.717) is 11.5 Å². The van der Waals surface area contributed by atoms with E-state index in [1.54, 1.807) is 0 Å². The van der Waals surface area contributed by atoms with Crippen LogP contribution in [0.2, 0.25) is 0 Å². The third-order valence-corrected chi connectivity index (χ3v) is 5.04. The van der Waals surface area contributed by atoms with Gasteiger partial charge in [0, 0.05) is 6.54 Å². The summed E-state index contributed by atoms with van der Waals surface area (Å²) in [6.45, 7) is 3.52. The first kappa shape index (κ1) is 14.9. The normalized spacial score (nSPS) is 21.2. The van der Waals surface area contributed by atoms with Gasteiger partial charge in [-0.15, -0.1) is 0 Å². The van der Waals surface area contributed by atoms with E-state index in [4.69, 9.17) is 5.73 Å². The second-order valence-corrected chi connectivity index (χ2v) is 7.21. The predicted molar refractivity (Wildman–Crippen MR) is 71.9 cm³/mol. The maximum absolute atomic E-state index is 11.4. The van der Waals surface area contributed by atoms with Gasteiger partial charge in [0.05, 0.1) is 11.5 Å². The van der Waals surface area contributed by atoms with Crippen LogP contribution in [0.1, 0.15) is 38.5 Å². The summed E-state index contributed by atoms with van der Waals surface area (Å²) < 4.78 is 22.9. The van der Waals surface area contributed by atoms with Gasteiger partial charge in [0.25, 0.3) is 0 Å². The lowest BCUT2D eigenvalue weighted by atomic mass is 10.1. The Balaban J connectivity index is 2.07. The summed E-state index contributed by atoms with van der Waals surface area (Å²) in [7, 11) is -2.75. The van der Waals surface area contributed by atoms with Gasteiger partial charge in [-0.2, -0.15) is 0 Å². The van der Waals surface area contributed by atoms with Crippen LogP contribution in [0.3, 0.4) is 0 Å². The van der Waals surface area contributed by atoms with Gasteiger partial charge < -0.3 is 10.6 Å². The third-order valence-electron chi connectivity index (χ3n) is 3.33. The van der Waals surface area contributed by atoms with Crippen molar-refractivity contribution >= 4 is 9.84 Å². The maximum atomic E-state index is 11.4. The molecule has 1 rings (SSSR count). The summed E-state index contributed by atoms with van der Waals surface area (Å²) >= 11 is 0. The van der Waals surface area contributed by atoms with Gasteiger partial charge in [-0.3, -0.25) is 0 Å². The third kappa shape index (κ3) is 7.01. The lowest BCUT2D eigenvalue weighted by molar-refractivity contribution is 0.287. The number of sulfone groups is 1. The smallest absolute Gasteiger partial charge is 0.151 e. The standard InChI is InChI=1S/C12H26N2O2S/c13-7-4-2-1-3-5-8-14-9-6-11-17(15,16)12-10-14/h1-13H2. The quantitative estimate of drug-likeness (QED) is 0.696. The minimum atomic E-state index is -2.75. The molecule has 1 heterocycles. The molecule has 0 aliphatic carbocycles. The summed E-state index contributed by atoms with van der Waals surface area (Å²) in [5.74, 6) is 0.722. The molecule has 0 saturated carbocycles. The Morgan fingerprint density at radius 2 is 1.65 bits per heavy atom. The topological polar surface area (TPSA) is 63.4 Å². The van der Waals surface area contributed by atoms with Gasteiger partial charge in [0.15, 0.2) is 9.84 Å². The second kappa shape index (κ2) is 8.06. The number of nitrogens with two attached hydrogens (primary N) is 1. The van der Waals surface area contributed by atoms with Gasteiger partial charge in [-0.25, -0.2) is 8.42 Å². The van der Waals surface area contributed by atoms with Crippen LogP contribution in [0, 0.1) is 0 Å². The van der Waals surface area contributed by atoms with Crippen LogP contribution in [0.15, 0.2) is 0 Å². The zero-order chi connectivity index (χ0) is 12.6. The van der Waals surface area contributed by atoms with Crippen LogP contribution in [-0.4, -0.2) is 51.0 Å². The van der Waals surface area contributed by atoms with Crippen LogP contribution in [-0.2, 0) is 9.84 Å². The van der Waals surface area contributed by atoms with Crippen molar-refractivity contribution in [3.63, 3.8) is 0 Å². The van der Waals surface area contributed by atoms with E-state index in [9.17, 15) is 8.42 Å². The fourth-order valence-electron chi connectivity index (χ4n) is 2.22. The molecule has 5 heteroatoms. The van der Waals surface area contributed by atoms with Crippen molar-refractivity contribution in [2.75, 3.05) is 37.7 Å². The molecule has 0 amide bonds. The number of nitrogens with zero attached hydrogens (tertiary/aromatic N) is 1. The van der Waals surface area contributed by atoms with Crippen LogP contribution < -0.4 is 5.73 Å². The molecule has 0 bridgehead atoms. The van der Waals surface area contributed by atoms with E-state index in [1.165, 1.54) is 25.7 Å². The number of hydrogen-bond donors (Lipinski definition) is 1. The van der Waals surface area contributed by atoms with Gasteiger partial charge in [-0.05, 0) is 38.9 Å². The molecule has 1 aliphatic heterocycles. The zero-order valence-corrected chi connectivity index (χ0v) is 11.6. The van der Waals surface area contributed by atoms with E-state index >= 15 is 0 Å². The van der Waals surface area contributed by atoms with E-state index in [2.05, 4.69) is 4.90 Å². The molecule has 0 aromatic carbocycles.